The second-order valence-electron chi connectivity index (χ2n) is 10.6. The fourth-order valence-electron chi connectivity index (χ4n) is 4.27. The van der Waals surface area contributed by atoms with Crippen LogP contribution in [0.25, 0.3) is 0 Å². The van der Waals surface area contributed by atoms with E-state index in [2.05, 4.69) is 5.32 Å². The minimum absolute atomic E-state index is 0.0108. The highest BCUT2D eigenvalue weighted by atomic mass is 35.5. The second kappa shape index (κ2) is 13.1. The largest absolute Gasteiger partial charge is 0.350 e. The van der Waals surface area contributed by atoms with Crippen molar-refractivity contribution >= 4 is 50.7 Å². The standard InChI is InChI=1S/C30H35Cl2N3O4S/c1-6-27(29(37)33-30(3,4)5)34(19-22-12-10-11-21(2)17-22)28(36)20-35(23-15-16-25(31)26(32)18-23)40(38,39)24-13-8-7-9-14-24/h7-18,27H,6,19-20H2,1-5H3,(H,33,37)/t27-/m1/s1. The molecule has 0 aliphatic heterocycles. The number of benzene rings is 3. The molecule has 3 rings (SSSR count). The molecule has 0 heterocycles. The zero-order valence-corrected chi connectivity index (χ0v) is 25.6. The van der Waals surface area contributed by atoms with Crippen molar-refractivity contribution in [1.29, 1.82) is 0 Å². The van der Waals surface area contributed by atoms with Gasteiger partial charge in [-0.3, -0.25) is 13.9 Å². The van der Waals surface area contributed by atoms with Gasteiger partial charge in [0.25, 0.3) is 10.0 Å². The summed E-state index contributed by atoms with van der Waals surface area (Å²) in [5.74, 6) is -0.856. The molecule has 0 saturated heterocycles. The number of hydrogen-bond donors (Lipinski definition) is 1. The Kier molecular flexibility index (Phi) is 10.3. The molecule has 2 amide bonds. The third-order valence-electron chi connectivity index (χ3n) is 6.12. The summed E-state index contributed by atoms with van der Waals surface area (Å²) in [6, 6.07) is 19.0. The van der Waals surface area contributed by atoms with E-state index < -0.39 is 34.1 Å². The highest BCUT2D eigenvalue weighted by Gasteiger charge is 2.34. The van der Waals surface area contributed by atoms with Crippen LogP contribution >= 0.6 is 23.2 Å². The Balaban J connectivity index is 2.09. The third kappa shape index (κ3) is 7.99. The molecule has 7 nitrogen and oxygen atoms in total. The molecule has 3 aromatic rings. The van der Waals surface area contributed by atoms with Gasteiger partial charge in [-0.15, -0.1) is 0 Å². The fourth-order valence-corrected chi connectivity index (χ4v) is 5.99. The molecule has 40 heavy (non-hydrogen) atoms. The van der Waals surface area contributed by atoms with Crippen LogP contribution in [-0.4, -0.2) is 43.3 Å². The van der Waals surface area contributed by atoms with Crippen molar-refractivity contribution < 1.29 is 18.0 Å². The van der Waals surface area contributed by atoms with Crippen molar-refractivity contribution in [2.45, 2.75) is 64.1 Å². The van der Waals surface area contributed by atoms with Gasteiger partial charge in [0.1, 0.15) is 12.6 Å². The zero-order valence-electron chi connectivity index (χ0n) is 23.3. The van der Waals surface area contributed by atoms with Crippen LogP contribution in [0.2, 0.25) is 10.0 Å². The number of carbonyl (C=O) groups excluding carboxylic acids is 2. The number of halogens is 2. The van der Waals surface area contributed by atoms with E-state index in [-0.39, 0.29) is 33.1 Å². The normalized spacial score (nSPS) is 12.5. The van der Waals surface area contributed by atoms with Crippen LogP contribution in [0.5, 0.6) is 0 Å². The predicted molar refractivity (Wildman–Crippen MR) is 161 cm³/mol. The van der Waals surface area contributed by atoms with Crippen LogP contribution in [0.15, 0.2) is 77.7 Å². The van der Waals surface area contributed by atoms with Gasteiger partial charge in [0.15, 0.2) is 0 Å². The maximum absolute atomic E-state index is 14.1. The molecular weight excluding hydrogens is 569 g/mol. The average Bonchev–Trinajstić information content (AvgIpc) is 2.88. The molecule has 0 aromatic heterocycles. The number of sulfonamides is 1. The Bertz CT molecular complexity index is 1460. The molecule has 0 unspecified atom stereocenters. The SMILES string of the molecule is CC[C@H](C(=O)NC(C)(C)C)N(Cc1cccc(C)c1)C(=O)CN(c1ccc(Cl)c(Cl)c1)S(=O)(=O)c1ccccc1. The van der Waals surface area contributed by atoms with Gasteiger partial charge >= 0.3 is 0 Å². The van der Waals surface area contributed by atoms with E-state index in [4.69, 9.17) is 23.2 Å². The Labute approximate surface area is 247 Å². The van der Waals surface area contributed by atoms with E-state index in [1.54, 1.807) is 18.2 Å². The van der Waals surface area contributed by atoms with Gasteiger partial charge < -0.3 is 10.2 Å². The minimum Gasteiger partial charge on any atom is -0.350 e. The topological polar surface area (TPSA) is 86.8 Å². The molecule has 0 radical (unpaired) electrons. The lowest BCUT2D eigenvalue weighted by molar-refractivity contribution is -0.141. The highest BCUT2D eigenvalue weighted by molar-refractivity contribution is 7.92. The number of rotatable bonds is 10. The van der Waals surface area contributed by atoms with Crippen molar-refractivity contribution in [3.05, 3.63) is 94.0 Å². The molecule has 1 atom stereocenters. The molecule has 1 N–H and O–H groups in total. The van der Waals surface area contributed by atoms with Gasteiger partial charge in [-0.1, -0.05) is 78.2 Å². The van der Waals surface area contributed by atoms with E-state index in [1.165, 1.54) is 35.2 Å². The van der Waals surface area contributed by atoms with E-state index in [0.717, 1.165) is 15.4 Å². The summed E-state index contributed by atoms with van der Waals surface area (Å²) in [4.78, 5) is 28.9. The Morgan fingerprint density at radius 3 is 2.17 bits per heavy atom. The number of hydrogen-bond acceptors (Lipinski definition) is 4. The molecule has 214 valence electrons. The van der Waals surface area contributed by atoms with Gasteiger partial charge in [-0.25, -0.2) is 8.42 Å². The first-order chi connectivity index (χ1) is 18.7. The smallest absolute Gasteiger partial charge is 0.264 e. The summed E-state index contributed by atoms with van der Waals surface area (Å²) in [5.41, 5.74) is 1.48. The van der Waals surface area contributed by atoms with Gasteiger partial charge in [-0.05, 0) is 70.0 Å². The fraction of sp³-hybridized carbons (Fsp3) is 0.333. The average molecular weight is 605 g/mol. The summed E-state index contributed by atoms with van der Waals surface area (Å²) in [7, 11) is -4.19. The minimum atomic E-state index is -4.19. The van der Waals surface area contributed by atoms with E-state index in [1.807, 2.05) is 58.9 Å². The number of nitrogens with one attached hydrogen (secondary N) is 1. The van der Waals surface area contributed by atoms with Gasteiger partial charge in [-0.2, -0.15) is 0 Å². The third-order valence-corrected chi connectivity index (χ3v) is 8.65. The summed E-state index contributed by atoms with van der Waals surface area (Å²) in [6.45, 7) is 8.92. The van der Waals surface area contributed by atoms with Crippen LogP contribution in [0.3, 0.4) is 0 Å². The van der Waals surface area contributed by atoms with Gasteiger partial charge in [0.05, 0.1) is 20.6 Å². The zero-order chi connectivity index (χ0) is 29.7. The summed E-state index contributed by atoms with van der Waals surface area (Å²) < 4.78 is 28.7. The van der Waals surface area contributed by atoms with E-state index in [9.17, 15) is 18.0 Å². The van der Waals surface area contributed by atoms with E-state index in [0.29, 0.717) is 6.42 Å². The number of carbonyl (C=O) groups is 2. The quantitative estimate of drug-likeness (QED) is 0.298. The van der Waals surface area contributed by atoms with Crippen molar-refractivity contribution in [2.75, 3.05) is 10.8 Å². The molecule has 0 aliphatic carbocycles. The van der Waals surface area contributed by atoms with Crippen LogP contribution < -0.4 is 9.62 Å². The van der Waals surface area contributed by atoms with Crippen LogP contribution in [0.1, 0.15) is 45.2 Å². The molecule has 0 saturated carbocycles. The maximum Gasteiger partial charge on any atom is 0.264 e. The number of nitrogens with zero attached hydrogens (tertiary/aromatic N) is 2. The summed E-state index contributed by atoms with van der Waals surface area (Å²) in [6.07, 6.45) is 0.331. The predicted octanol–water partition coefficient (Wildman–Crippen LogP) is 6.22. The molecule has 0 spiro atoms. The lowest BCUT2D eigenvalue weighted by Gasteiger charge is -2.35. The second-order valence-corrected chi connectivity index (χ2v) is 13.3. The highest BCUT2D eigenvalue weighted by Crippen LogP contribution is 2.31. The first-order valence-electron chi connectivity index (χ1n) is 12.9. The Hall–Kier alpha value is -3.07. The first kappa shape index (κ1) is 31.5. The van der Waals surface area contributed by atoms with Gasteiger partial charge in [0, 0.05) is 12.1 Å². The molecule has 3 aromatic carbocycles. The lowest BCUT2D eigenvalue weighted by atomic mass is 10.0. The number of amides is 2. The van der Waals surface area contributed by atoms with Crippen molar-refractivity contribution in [1.82, 2.24) is 10.2 Å². The van der Waals surface area contributed by atoms with Crippen LogP contribution in [-0.2, 0) is 26.2 Å². The van der Waals surface area contributed by atoms with Crippen LogP contribution in [0.4, 0.5) is 5.69 Å². The molecule has 0 fully saturated rings. The summed E-state index contributed by atoms with van der Waals surface area (Å²) in [5, 5.41) is 3.36. The number of aryl methyl sites for hydroxylation is 1. The van der Waals surface area contributed by atoms with Crippen molar-refractivity contribution in [3.8, 4) is 0 Å². The maximum atomic E-state index is 14.1. The summed E-state index contributed by atoms with van der Waals surface area (Å²) >= 11 is 12.4. The van der Waals surface area contributed by atoms with Gasteiger partial charge in [0.2, 0.25) is 11.8 Å². The van der Waals surface area contributed by atoms with Crippen molar-refractivity contribution in [3.63, 3.8) is 0 Å². The monoisotopic (exact) mass is 603 g/mol. The molecule has 10 heteroatoms. The molecular formula is C30H35Cl2N3O4S. The first-order valence-corrected chi connectivity index (χ1v) is 15.1. The lowest BCUT2D eigenvalue weighted by Crippen LogP contribution is -2.55. The Morgan fingerprint density at radius 2 is 1.60 bits per heavy atom. The molecule has 0 aliphatic rings. The Morgan fingerprint density at radius 1 is 0.925 bits per heavy atom. The van der Waals surface area contributed by atoms with Crippen molar-refractivity contribution in [2.24, 2.45) is 0 Å². The van der Waals surface area contributed by atoms with Crippen LogP contribution in [0, 0.1) is 6.92 Å². The number of anilines is 1. The molecule has 0 bridgehead atoms. The van der Waals surface area contributed by atoms with E-state index >= 15 is 0 Å².